The first-order valence-corrected chi connectivity index (χ1v) is 16.1. The average molecular weight is 600 g/mol. The van der Waals surface area contributed by atoms with E-state index < -0.39 is 15.1 Å². The number of aromatic nitrogens is 2. The molecule has 0 saturated carbocycles. The van der Waals surface area contributed by atoms with Crippen molar-refractivity contribution in [2.75, 3.05) is 17.7 Å². The van der Waals surface area contributed by atoms with Crippen LogP contribution >= 0.6 is 11.6 Å². The molecule has 1 saturated heterocycles. The standard InChI is InChI=1S/C31H42ClN5O3S/c1-18(2)40-28-16-24(23-14-21(6)37(8)22(7)15-23)20(5)13-27(28)35-31-33-17-25(32)30(36-31)34-26-11-9-10-12-29(26)41(38,39)19(3)4/h9-13,16-19,21-23H,14-15H2,1-8H3,(H2,33,34,35,36)/t21-,22+,23?. The summed E-state index contributed by atoms with van der Waals surface area (Å²) in [5.41, 5.74) is 3.64. The highest BCUT2D eigenvalue weighted by atomic mass is 35.5. The van der Waals surface area contributed by atoms with Gasteiger partial charge in [0, 0.05) is 12.1 Å². The number of ether oxygens (including phenoxy) is 1. The van der Waals surface area contributed by atoms with Crippen LogP contribution in [0.5, 0.6) is 5.75 Å². The largest absolute Gasteiger partial charge is 0.489 e. The van der Waals surface area contributed by atoms with Crippen molar-refractivity contribution >= 4 is 44.6 Å². The van der Waals surface area contributed by atoms with E-state index in [4.69, 9.17) is 16.3 Å². The number of hydrogen-bond acceptors (Lipinski definition) is 8. The van der Waals surface area contributed by atoms with Crippen molar-refractivity contribution in [1.29, 1.82) is 0 Å². The maximum absolute atomic E-state index is 13.0. The smallest absolute Gasteiger partial charge is 0.229 e. The summed E-state index contributed by atoms with van der Waals surface area (Å²) in [6.45, 7) is 14.0. The zero-order valence-electron chi connectivity index (χ0n) is 25.2. The molecule has 1 unspecified atom stereocenters. The first-order chi connectivity index (χ1) is 19.3. The SMILES string of the molecule is Cc1cc(Nc2ncc(Cl)c(Nc3ccccc3S(=O)(=O)C(C)C)n2)c(OC(C)C)cc1C1C[C@@H](C)N(C)[C@@H](C)C1. The number of halogens is 1. The Balaban J connectivity index is 1.66. The number of hydrogen-bond donors (Lipinski definition) is 2. The molecule has 0 aliphatic carbocycles. The monoisotopic (exact) mass is 599 g/mol. The summed E-state index contributed by atoms with van der Waals surface area (Å²) >= 11 is 6.45. The predicted octanol–water partition coefficient (Wildman–Crippen LogP) is 7.48. The van der Waals surface area contributed by atoms with E-state index in [9.17, 15) is 8.42 Å². The molecule has 2 aromatic carbocycles. The Bertz CT molecular complexity index is 1480. The number of likely N-dealkylation sites (tertiary alicyclic amines) is 1. The second kappa shape index (κ2) is 12.5. The minimum atomic E-state index is -3.53. The number of benzene rings is 2. The maximum Gasteiger partial charge on any atom is 0.229 e. The van der Waals surface area contributed by atoms with E-state index >= 15 is 0 Å². The lowest BCUT2D eigenvalue weighted by atomic mass is 9.81. The van der Waals surface area contributed by atoms with Crippen LogP contribution in [0.1, 0.15) is 71.4 Å². The Labute approximate surface area is 249 Å². The predicted molar refractivity (Wildman–Crippen MR) is 168 cm³/mol. The van der Waals surface area contributed by atoms with Crippen molar-refractivity contribution in [3.05, 3.63) is 58.7 Å². The molecule has 1 aliphatic rings. The van der Waals surface area contributed by atoms with Crippen LogP contribution in [0.2, 0.25) is 5.02 Å². The lowest BCUT2D eigenvalue weighted by Gasteiger charge is -2.41. The van der Waals surface area contributed by atoms with Crippen LogP contribution in [0, 0.1) is 6.92 Å². The highest BCUT2D eigenvalue weighted by molar-refractivity contribution is 7.92. The topological polar surface area (TPSA) is 96.5 Å². The fourth-order valence-corrected chi connectivity index (χ4v) is 6.71. The summed E-state index contributed by atoms with van der Waals surface area (Å²) < 4.78 is 32.2. The molecule has 1 fully saturated rings. The summed E-state index contributed by atoms with van der Waals surface area (Å²) in [5, 5.41) is 6.12. The van der Waals surface area contributed by atoms with Gasteiger partial charge in [0.1, 0.15) is 10.8 Å². The minimum absolute atomic E-state index is 0.0239. The zero-order chi connectivity index (χ0) is 30.1. The van der Waals surface area contributed by atoms with Crippen molar-refractivity contribution in [1.82, 2.24) is 14.9 Å². The van der Waals surface area contributed by atoms with Gasteiger partial charge in [-0.1, -0.05) is 23.7 Å². The Morgan fingerprint density at radius 2 is 1.68 bits per heavy atom. The van der Waals surface area contributed by atoms with Gasteiger partial charge < -0.3 is 20.3 Å². The fourth-order valence-electron chi connectivity index (χ4n) is 5.37. The van der Waals surface area contributed by atoms with E-state index in [1.807, 2.05) is 13.8 Å². The number of sulfone groups is 1. The van der Waals surface area contributed by atoms with Crippen LogP contribution in [0.4, 0.5) is 23.1 Å². The van der Waals surface area contributed by atoms with Gasteiger partial charge in [0.2, 0.25) is 5.95 Å². The van der Waals surface area contributed by atoms with E-state index in [2.05, 4.69) is 65.5 Å². The minimum Gasteiger partial charge on any atom is -0.489 e. The van der Waals surface area contributed by atoms with Gasteiger partial charge in [-0.15, -0.1) is 0 Å². The van der Waals surface area contributed by atoms with Crippen molar-refractivity contribution < 1.29 is 13.2 Å². The third kappa shape index (κ3) is 6.96. The molecule has 1 aliphatic heterocycles. The van der Waals surface area contributed by atoms with Gasteiger partial charge in [-0.2, -0.15) is 4.98 Å². The van der Waals surface area contributed by atoms with Gasteiger partial charge in [0.15, 0.2) is 15.7 Å². The molecule has 8 nitrogen and oxygen atoms in total. The number of para-hydroxylation sites is 1. The van der Waals surface area contributed by atoms with Crippen LogP contribution in [-0.2, 0) is 9.84 Å². The van der Waals surface area contributed by atoms with Crippen molar-refractivity contribution in [3.8, 4) is 5.75 Å². The van der Waals surface area contributed by atoms with E-state index in [1.165, 1.54) is 17.3 Å². The Kier molecular flexibility index (Phi) is 9.51. The average Bonchev–Trinajstić information content (AvgIpc) is 2.90. The molecule has 0 bridgehead atoms. The Hall–Kier alpha value is -2.88. The molecule has 0 amide bonds. The molecule has 10 heteroatoms. The molecule has 0 radical (unpaired) electrons. The zero-order valence-corrected chi connectivity index (χ0v) is 26.8. The summed E-state index contributed by atoms with van der Waals surface area (Å²) in [7, 11) is -1.32. The summed E-state index contributed by atoms with van der Waals surface area (Å²) in [6.07, 6.45) is 3.66. The summed E-state index contributed by atoms with van der Waals surface area (Å²) in [6, 6.07) is 12.0. The van der Waals surface area contributed by atoms with Gasteiger partial charge in [0.05, 0.1) is 33.8 Å². The second-order valence-electron chi connectivity index (χ2n) is 11.6. The molecule has 2 heterocycles. The second-order valence-corrected chi connectivity index (χ2v) is 14.5. The highest BCUT2D eigenvalue weighted by Crippen LogP contribution is 2.40. The first-order valence-electron chi connectivity index (χ1n) is 14.2. The van der Waals surface area contributed by atoms with Crippen molar-refractivity contribution in [3.63, 3.8) is 0 Å². The maximum atomic E-state index is 13.0. The number of aryl methyl sites for hydroxylation is 1. The molecule has 0 spiro atoms. The van der Waals surface area contributed by atoms with Crippen LogP contribution in [0.3, 0.4) is 0 Å². The normalized spacial score (nSPS) is 19.9. The van der Waals surface area contributed by atoms with E-state index in [0.717, 1.165) is 24.3 Å². The van der Waals surface area contributed by atoms with Gasteiger partial charge in [-0.3, -0.25) is 0 Å². The van der Waals surface area contributed by atoms with Gasteiger partial charge in [0.25, 0.3) is 0 Å². The van der Waals surface area contributed by atoms with E-state index in [-0.39, 0.29) is 16.0 Å². The number of nitrogens with one attached hydrogen (secondary N) is 2. The lowest BCUT2D eigenvalue weighted by Crippen LogP contribution is -2.43. The first kappa shape index (κ1) is 31.1. The number of nitrogens with zero attached hydrogens (tertiary/aromatic N) is 3. The van der Waals surface area contributed by atoms with Crippen molar-refractivity contribution in [2.45, 2.75) is 95.6 Å². The molecule has 3 aromatic rings. The molecular formula is C31H42ClN5O3S. The van der Waals surface area contributed by atoms with Crippen LogP contribution < -0.4 is 15.4 Å². The number of rotatable bonds is 9. The molecule has 2 N–H and O–H groups in total. The Morgan fingerprint density at radius 3 is 2.32 bits per heavy atom. The van der Waals surface area contributed by atoms with E-state index in [0.29, 0.717) is 35.5 Å². The highest BCUT2D eigenvalue weighted by Gasteiger charge is 2.30. The quantitative estimate of drug-likeness (QED) is 0.261. The molecule has 41 heavy (non-hydrogen) atoms. The van der Waals surface area contributed by atoms with Crippen molar-refractivity contribution in [2.24, 2.45) is 0 Å². The number of piperidine rings is 1. The van der Waals surface area contributed by atoms with Crippen LogP contribution in [0.15, 0.2) is 47.5 Å². The molecule has 3 atom stereocenters. The van der Waals surface area contributed by atoms with Gasteiger partial charge in [-0.05, 0) is 110 Å². The van der Waals surface area contributed by atoms with Gasteiger partial charge >= 0.3 is 0 Å². The van der Waals surface area contributed by atoms with E-state index in [1.54, 1.807) is 38.1 Å². The summed E-state index contributed by atoms with van der Waals surface area (Å²) in [5.74, 6) is 1.79. The third-order valence-corrected chi connectivity index (χ3v) is 10.4. The Morgan fingerprint density at radius 1 is 1.02 bits per heavy atom. The molecule has 222 valence electrons. The van der Waals surface area contributed by atoms with Gasteiger partial charge in [-0.25, -0.2) is 13.4 Å². The number of anilines is 4. The molecular weight excluding hydrogens is 558 g/mol. The fraction of sp³-hybridized carbons (Fsp3) is 0.484. The third-order valence-electron chi connectivity index (χ3n) is 7.87. The van der Waals surface area contributed by atoms with Crippen LogP contribution in [-0.4, -0.2) is 53.8 Å². The summed E-state index contributed by atoms with van der Waals surface area (Å²) in [4.78, 5) is 11.6. The van der Waals surface area contributed by atoms with Crippen LogP contribution in [0.25, 0.3) is 0 Å². The molecule has 1 aromatic heterocycles. The molecule has 4 rings (SSSR count). The lowest BCUT2D eigenvalue weighted by molar-refractivity contribution is 0.122.